The van der Waals surface area contributed by atoms with Gasteiger partial charge in [-0.2, -0.15) is 5.10 Å². The lowest BCUT2D eigenvalue weighted by Gasteiger charge is -2.02. The van der Waals surface area contributed by atoms with Gasteiger partial charge in [-0.3, -0.25) is 9.67 Å². The van der Waals surface area contributed by atoms with Crippen LogP contribution in [-0.2, 0) is 13.1 Å². The van der Waals surface area contributed by atoms with Gasteiger partial charge in [0.15, 0.2) is 0 Å². The van der Waals surface area contributed by atoms with Crippen LogP contribution in [0.15, 0.2) is 65.5 Å². The van der Waals surface area contributed by atoms with Crippen LogP contribution in [0.4, 0.5) is 5.82 Å². The van der Waals surface area contributed by atoms with Crippen molar-refractivity contribution in [1.29, 1.82) is 0 Å². The summed E-state index contributed by atoms with van der Waals surface area (Å²) in [5.41, 5.74) is 2.01. The van der Waals surface area contributed by atoms with Gasteiger partial charge in [0.05, 0.1) is 20.2 Å². The fraction of sp³-hybridized carbons (Fsp3) is 0.158. The Labute approximate surface area is 145 Å². The second kappa shape index (κ2) is 6.68. The molecule has 0 fully saturated rings. The molecule has 3 heterocycles. The van der Waals surface area contributed by atoms with Gasteiger partial charge < -0.3 is 14.5 Å². The van der Waals surface area contributed by atoms with Gasteiger partial charge in [0, 0.05) is 30.0 Å². The number of rotatable bonds is 6. The second-order valence-electron chi connectivity index (χ2n) is 5.72. The predicted molar refractivity (Wildman–Crippen MR) is 95.7 cm³/mol. The molecule has 6 heteroatoms. The van der Waals surface area contributed by atoms with E-state index in [-0.39, 0.29) is 0 Å². The van der Waals surface area contributed by atoms with Crippen molar-refractivity contribution in [2.45, 2.75) is 13.1 Å². The zero-order valence-electron chi connectivity index (χ0n) is 13.8. The summed E-state index contributed by atoms with van der Waals surface area (Å²) in [6.45, 7) is 1.29. The number of anilines is 1. The highest BCUT2D eigenvalue weighted by Crippen LogP contribution is 2.24. The van der Waals surface area contributed by atoms with Crippen LogP contribution in [0.5, 0.6) is 5.75 Å². The van der Waals surface area contributed by atoms with Crippen molar-refractivity contribution in [3.05, 3.63) is 72.4 Å². The first-order chi connectivity index (χ1) is 12.3. The lowest BCUT2D eigenvalue weighted by molar-refractivity contribution is 0.415. The molecule has 0 atom stereocenters. The summed E-state index contributed by atoms with van der Waals surface area (Å²) in [5, 5.41) is 8.84. The third-order valence-electron chi connectivity index (χ3n) is 3.95. The van der Waals surface area contributed by atoms with E-state index in [0.717, 1.165) is 33.9 Å². The quantitative estimate of drug-likeness (QED) is 0.582. The van der Waals surface area contributed by atoms with Crippen molar-refractivity contribution in [2.75, 3.05) is 12.4 Å². The molecule has 4 aromatic rings. The molecule has 0 unspecified atom stereocenters. The number of aromatic nitrogens is 3. The van der Waals surface area contributed by atoms with Crippen molar-refractivity contribution < 1.29 is 9.15 Å². The topological polar surface area (TPSA) is 65.1 Å². The minimum atomic E-state index is 0.573. The fourth-order valence-electron chi connectivity index (χ4n) is 2.69. The summed E-state index contributed by atoms with van der Waals surface area (Å²) in [6, 6.07) is 13.7. The Hall–Kier alpha value is -3.28. The molecule has 1 aromatic carbocycles. The normalized spacial score (nSPS) is 10.9. The first-order valence-corrected chi connectivity index (χ1v) is 8.03. The third-order valence-corrected chi connectivity index (χ3v) is 3.95. The lowest BCUT2D eigenvalue weighted by Crippen LogP contribution is -2.03. The molecule has 0 amide bonds. The van der Waals surface area contributed by atoms with E-state index in [0.29, 0.717) is 13.1 Å². The van der Waals surface area contributed by atoms with Gasteiger partial charge in [0.25, 0.3) is 0 Å². The first kappa shape index (κ1) is 15.3. The molecule has 0 saturated heterocycles. The largest absolute Gasteiger partial charge is 0.497 e. The van der Waals surface area contributed by atoms with Crippen molar-refractivity contribution in [2.24, 2.45) is 0 Å². The Bertz CT molecular complexity index is 975. The highest BCUT2D eigenvalue weighted by Gasteiger charge is 2.06. The average molecular weight is 334 g/mol. The van der Waals surface area contributed by atoms with Crippen molar-refractivity contribution in [1.82, 2.24) is 14.8 Å². The van der Waals surface area contributed by atoms with Crippen LogP contribution in [0, 0.1) is 0 Å². The molecule has 0 spiro atoms. The summed E-state index contributed by atoms with van der Waals surface area (Å²) in [6.07, 6.45) is 5.52. The highest BCUT2D eigenvalue weighted by atomic mass is 16.5. The van der Waals surface area contributed by atoms with E-state index >= 15 is 0 Å². The van der Waals surface area contributed by atoms with Gasteiger partial charge in [0.1, 0.15) is 22.9 Å². The fourth-order valence-corrected chi connectivity index (χ4v) is 2.69. The monoisotopic (exact) mass is 334 g/mol. The van der Waals surface area contributed by atoms with Gasteiger partial charge in [-0.05, 0) is 42.0 Å². The summed E-state index contributed by atoms with van der Waals surface area (Å²) in [5.74, 6) is 2.49. The standard InChI is InChI=1S/C19H18N4O2/c1-24-16-2-3-18-15(10-16)11-17(25-18)12-21-19-6-9-23(22-19)13-14-4-7-20-8-5-14/h2-11H,12-13H2,1H3,(H,21,22). The number of pyridine rings is 1. The average Bonchev–Trinajstić information content (AvgIpc) is 3.26. The maximum Gasteiger partial charge on any atom is 0.148 e. The molecule has 6 nitrogen and oxygen atoms in total. The number of nitrogens with one attached hydrogen (secondary N) is 1. The van der Waals surface area contributed by atoms with Gasteiger partial charge in [-0.15, -0.1) is 0 Å². The molecular formula is C19H18N4O2. The molecule has 126 valence electrons. The molecule has 4 rings (SSSR count). The molecule has 0 saturated carbocycles. The molecule has 0 bridgehead atoms. The zero-order valence-corrected chi connectivity index (χ0v) is 13.8. The van der Waals surface area contributed by atoms with E-state index in [1.54, 1.807) is 19.5 Å². The van der Waals surface area contributed by atoms with E-state index in [1.165, 1.54) is 0 Å². The van der Waals surface area contributed by atoms with Crippen LogP contribution in [0.2, 0.25) is 0 Å². The number of ether oxygens (including phenoxy) is 1. The number of hydrogen-bond acceptors (Lipinski definition) is 5. The zero-order chi connectivity index (χ0) is 17.1. The highest BCUT2D eigenvalue weighted by molar-refractivity contribution is 5.79. The van der Waals surface area contributed by atoms with Crippen LogP contribution in [0.25, 0.3) is 11.0 Å². The van der Waals surface area contributed by atoms with Gasteiger partial charge in [0.2, 0.25) is 0 Å². The maximum absolute atomic E-state index is 5.83. The van der Waals surface area contributed by atoms with E-state index in [9.17, 15) is 0 Å². The van der Waals surface area contributed by atoms with Crippen LogP contribution in [-0.4, -0.2) is 21.9 Å². The molecule has 25 heavy (non-hydrogen) atoms. The Morgan fingerprint density at radius 2 is 2.00 bits per heavy atom. The van der Waals surface area contributed by atoms with E-state index in [4.69, 9.17) is 9.15 Å². The SMILES string of the molecule is COc1ccc2oc(CNc3ccn(Cc4ccncc4)n3)cc2c1. The Morgan fingerprint density at radius 1 is 1.12 bits per heavy atom. The molecule has 0 aliphatic rings. The van der Waals surface area contributed by atoms with Crippen LogP contribution in [0.3, 0.4) is 0 Å². The number of benzene rings is 1. The maximum atomic E-state index is 5.83. The van der Waals surface area contributed by atoms with Gasteiger partial charge in [-0.1, -0.05) is 0 Å². The molecule has 0 aliphatic heterocycles. The van der Waals surface area contributed by atoms with E-state index in [1.807, 2.05) is 53.3 Å². The van der Waals surface area contributed by atoms with E-state index < -0.39 is 0 Å². The minimum absolute atomic E-state index is 0.573. The van der Waals surface area contributed by atoms with Gasteiger partial charge >= 0.3 is 0 Å². The second-order valence-corrected chi connectivity index (χ2v) is 5.72. The summed E-state index contributed by atoms with van der Waals surface area (Å²) in [4.78, 5) is 4.02. The number of nitrogens with zero attached hydrogens (tertiary/aromatic N) is 3. The number of hydrogen-bond donors (Lipinski definition) is 1. The van der Waals surface area contributed by atoms with Crippen LogP contribution >= 0.6 is 0 Å². The Kier molecular flexibility index (Phi) is 4.08. The van der Waals surface area contributed by atoms with Crippen LogP contribution in [0.1, 0.15) is 11.3 Å². The van der Waals surface area contributed by atoms with Crippen molar-refractivity contribution in [3.8, 4) is 5.75 Å². The number of fused-ring (bicyclic) bond motifs is 1. The smallest absolute Gasteiger partial charge is 0.148 e. The molecule has 3 aromatic heterocycles. The van der Waals surface area contributed by atoms with Gasteiger partial charge in [-0.25, -0.2) is 0 Å². The summed E-state index contributed by atoms with van der Waals surface area (Å²) < 4.78 is 13.0. The molecule has 0 radical (unpaired) electrons. The third kappa shape index (κ3) is 3.47. The lowest BCUT2D eigenvalue weighted by atomic mass is 10.2. The van der Waals surface area contributed by atoms with Crippen LogP contribution < -0.4 is 10.1 Å². The molecule has 1 N–H and O–H groups in total. The predicted octanol–water partition coefficient (Wildman–Crippen LogP) is 3.69. The summed E-state index contributed by atoms with van der Waals surface area (Å²) in [7, 11) is 1.66. The number of methoxy groups -OCH3 is 1. The summed E-state index contributed by atoms with van der Waals surface area (Å²) >= 11 is 0. The van der Waals surface area contributed by atoms with E-state index in [2.05, 4.69) is 15.4 Å². The molecule has 0 aliphatic carbocycles. The minimum Gasteiger partial charge on any atom is -0.497 e. The van der Waals surface area contributed by atoms with Crippen molar-refractivity contribution >= 4 is 16.8 Å². The van der Waals surface area contributed by atoms with Crippen molar-refractivity contribution in [3.63, 3.8) is 0 Å². The molecular weight excluding hydrogens is 316 g/mol. The Balaban J connectivity index is 1.41. The Morgan fingerprint density at radius 3 is 2.84 bits per heavy atom. The first-order valence-electron chi connectivity index (χ1n) is 8.03. The number of furan rings is 1.